The number of aromatic hydroxyl groups is 1. The third kappa shape index (κ3) is 7.94. The van der Waals surface area contributed by atoms with Gasteiger partial charge in [0.2, 0.25) is 10.9 Å². The molecule has 17 heteroatoms. The Hall–Kier alpha value is -6.01. The molecule has 4 aromatic rings. The summed E-state index contributed by atoms with van der Waals surface area (Å²) in [5.41, 5.74) is -1.28. The lowest BCUT2D eigenvalue weighted by molar-refractivity contribution is -0.160. The van der Waals surface area contributed by atoms with E-state index in [9.17, 15) is 39.6 Å². The van der Waals surface area contributed by atoms with Crippen molar-refractivity contribution in [3.05, 3.63) is 79.5 Å². The molecule has 352 valence electrons. The summed E-state index contributed by atoms with van der Waals surface area (Å²) in [6.07, 6.45) is 5.54. The number of piperazine rings is 1. The van der Waals surface area contributed by atoms with E-state index in [1.54, 1.807) is 45.9 Å². The second kappa shape index (κ2) is 17.7. The average Bonchev–Trinajstić information content (AvgIpc) is 3.56. The molecule has 1 aromatic heterocycles. The van der Waals surface area contributed by atoms with Crippen molar-refractivity contribution in [2.45, 2.75) is 111 Å². The number of carbonyl (C=O) groups is 2. The fourth-order valence-electron chi connectivity index (χ4n) is 10.1. The summed E-state index contributed by atoms with van der Waals surface area (Å²) in [7, 11) is 1.45. The van der Waals surface area contributed by atoms with Gasteiger partial charge in [-0.1, -0.05) is 45.9 Å². The van der Waals surface area contributed by atoms with E-state index in [4.69, 9.17) is 28.3 Å². The Bertz CT molecular complexity index is 2900. The van der Waals surface area contributed by atoms with Crippen LogP contribution < -0.4 is 36.3 Å². The minimum Gasteiger partial charge on any atom is -0.507 e. The first-order valence-corrected chi connectivity index (χ1v) is 22.4. The molecule has 11 atom stereocenters. The number of rotatable bonds is 3. The molecular formula is C49H58N4O13. The minimum atomic E-state index is -1.98. The molecule has 0 saturated carbocycles. The molecule has 0 spiro atoms. The number of nitrogens with zero attached hydrogens (tertiary/aromatic N) is 2. The number of phenols is 1. The molecule has 6 heterocycles. The number of piperidine rings is 2. The number of aliphatic hydroxyl groups is 3. The predicted molar refractivity (Wildman–Crippen MR) is 247 cm³/mol. The SMILES string of the molecule is CO[C@H]1C=COC2(C)Oc3c(C)c(O)c4c(=O)c(c5oc6cc(N7CC8CCC7CN8)cc(=O)c6nc5c4c3=C2O)NC(=O)C(C)=CC=C[C@H](C)[C@H](O)[C@@H](C)[C@@H](O)[C@@H](C)[C@H](OC(C)=O)[C@@H]1C. The highest BCUT2D eigenvalue weighted by Crippen LogP contribution is 2.42. The number of phenolic OH excluding ortho intramolecular Hbond substituents is 1. The van der Waals surface area contributed by atoms with Gasteiger partial charge in [0.25, 0.3) is 5.91 Å². The van der Waals surface area contributed by atoms with Crippen molar-refractivity contribution in [1.82, 2.24) is 10.3 Å². The number of carbonyl (C=O) groups excluding carboxylic acids is 2. The van der Waals surface area contributed by atoms with E-state index in [2.05, 4.69) is 15.5 Å². The first-order valence-electron chi connectivity index (χ1n) is 22.4. The van der Waals surface area contributed by atoms with Crippen molar-refractivity contribution in [2.75, 3.05) is 30.4 Å². The Balaban J connectivity index is 1.36. The number of methoxy groups -OCH3 is 1. The van der Waals surface area contributed by atoms with Crippen LogP contribution in [0.25, 0.3) is 38.7 Å². The van der Waals surface area contributed by atoms with Crippen molar-refractivity contribution in [3.63, 3.8) is 0 Å². The van der Waals surface area contributed by atoms with E-state index in [0.717, 1.165) is 19.4 Å². The number of allylic oxidation sites excluding steroid dienone is 2. The van der Waals surface area contributed by atoms with Gasteiger partial charge in [-0.25, -0.2) is 4.98 Å². The highest BCUT2D eigenvalue weighted by molar-refractivity contribution is 6.16. The molecule has 6 bridgehead atoms. The fourth-order valence-corrected chi connectivity index (χ4v) is 10.1. The number of nitrogens with one attached hydrogen (secondary N) is 2. The number of aromatic nitrogens is 1. The summed E-state index contributed by atoms with van der Waals surface area (Å²) in [5, 5.41) is 52.8. The second-order valence-corrected chi connectivity index (χ2v) is 18.5. The topological polar surface area (TPSA) is 239 Å². The Morgan fingerprint density at radius 3 is 2.36 bits per heavy atom. The van der Waals surface area contributed by atoms with Crippen molar-refractivity contribution in [1.29, 1.82) is 0 Å². The molecule has 3 saturated heterocycles. The number of benzene rings is 3. The lowest BCUT2D eigenvalue weighted by atomic mass is 9.78. The molecule has 3 fully saturated rings. The number of aliphatic hydroxyl groups excluding tert-OH is 3. The second-order valence-electron chi connectivity index (χ2n) is 18.5. The number of anilines is 2. The van der Waals surface area contributed by atoms with Gasteiger partial charge in [-0.2, -0.15) is 0 Å². The highest BCUT2D eigenvalue weighted by atomic mass is 16.7. The summed E-state index contributed by atoms with van der Waals surface area (Å²) in [6, 6.07) is 3.60. The molecule has 9 rings (SSSR count). The Morgan fingerprint density at radius 2 is 1.71 bits per heavy atom. The van der Waals surface area contributed by atoms with Crippen molar-refractivity contribution >= 4 is 62.0 Å². The number of amides is 1. The van der Waals surface area contributed by atoms with Gasteiger partial charge in [0.1, 0.15) is 28.8 Å². The van der Waals surface area contributed by atoms with Gasteiger partial charge in [-0.05, 0) is 32.8 Å². The van der Waals surface area contributed by atoms with E-state index >= 15 is 0 Å². The highest BCUT2D eigenvalue weighted by Gasteiger charge is 2.44. The summed E-state index contributed by atoms with van der Waals surface area (Å²) >= 11 is 0. The van der Waals surface area contributed by atoms with Gasteiger partial charge in [-0.3, -0.25) is 19.2 Å². The summed E-state index contributed by atoms with van der Waals surface area (Å²) in [6.45, 7) is 14.1. The van der Waals surface area contributed by atoms with E-state index in [-0.39, 0.29) is 72.8 Å². The molecule has 6 N–H and O–H groups in total. The Kier molecular flexibility index (Phi) is 12.4. The van der Waals surface area contributed by atoms with Crippen LogP contribution in [0.4, 0.5) is 11.4 Å². The summed E-state index contributed by atoms with van der Waals surface area (Å²) in [5.74, 6) is -6.91. The zero-order valence-electron chi connectivity index (χ0n) is 38.5. The van der Waals surface area contributed by atoms with E-state index in [0.29, 0.717) is 12.2 Å². The molecule has 5 aliphatic heterocycles. The fraction of sp³-hybridized carbons (Fsp3) is 0.490. The van der Waals surface area contributed by atoms with Crippen LogP contribution >= 0.6 is 0 Å². The molecular weight excluding hydrogens is 853 g/mol. The van der Waals surface area contributed by atoms with Crippen LogP contribution in [0.3, 0.4) is 0 Å². The molecule has 0 radical (unpaired) electrons. The van der Waals surface area contributed by atoms with Gasteiger partial charge in [0, 0.05) is 104 Å². The largest absolute Gasteiger partial charge is 0.507 e. The average molecular weight is 911 g/mol. The zero-order valence-corrected chi connectivity index (χ0v) is 38.5. The molecule has 3 aromatic carbocycles. The van der Waals surface area contributed by atoms with Crippen LogP contribution in [0, 0.1) is 30.6 Å². The third-order valence-corrected chi connectivity index (χ3v) is 14.1. The monoisotopic (exact) mass is 910 g/mol. The van der Waals surface area contributed by atoms with Gasteiger partial charge >= 0.3 is 11.8 Å². The van der Waals surface area contributed by atoms with Crippen LogP contribution in [-0.2, 0) is 23.8 Å². The number of ether oxygens (including phenoxy) is 4. The lowest BCUT2D eigenvalue weighted by Crippen LogP contribution is -2.61. The standard InChI is InChI=1S/C49H58N4O13/c1-21-11-10-12-22(2)48(61)52-39-43(59)35-34(38-46(39)65-33-18-30(17-31(55)37(33)51-38)53-20-28-13-14-29(53)19-50-28)36-45(26(6)42(35)58)66-49(8,47(36)60)63-16-15-32(62-9)23(3)44(64-27(7)54)25(5)41(57)24(4)40(21)56/h10-12,15-18,21,23-25,28-29,32,40-41,44,50,56-58,60H,13-14,19-20H2,1-9H3,(H,52,61)/t21-,23+,24+,25+,28?,29?,32-,40-,41+,44+,49?/m0/s1. The van der Waals surface area contributed by atoms with Gasteiger partial charge < -0.3 is 59.3 Å². The normalized spacial score (nSPS) is 30.8. The molecule has 3 unspecified atom stereocenters. The number of esters is 1. The van der Waals surface area contributed by atoms with Crippen molar-refractivity contribution in [2.24, 2.45) is 23.7 Å². The smallest absolute Gasteiger partial charge is 0.307 e. The van der Waals surface area contributed by atoms with Gasteiger partial charge in [-0.15, -0.1) is 0 Å². The van der Waals surface area contributed by atoms with Gasteiger partial charge in [0.05, 0.1) is 35.2 Å². The maximum absolute atomic E-state index is 14.9. The molecule has 66 heavy (non-hydrogen) atoms. The van der Waals surface area contributed by atoms with Crippen molar-refractivity contribution in [3.8, 4) is 11.5 Å². The quantitative estimate of drug-likeness (QED) is 0.0943. The molecule has 0 aliphatic carbocycles. The Labute approximate surface area is 380 Å². The van der Waals surface area contributed by atoms with Gasteiger partial charge in [0.15, 0.2) is 22.4 Å². The first kappa shape index (κ1) is 46.5. The van der Waals surface area contributed by atoms with Crippen LogP contribution in [0.2, 0.25) is 0 Å². The van der Waals surface area contributed by atoms with E-state index < -0.39 is 88.1 Å². The van der Waals surface area contributed by atoms with Crippen molar-refractivity contribution < 1.29 is 53.4 Å². The molecule has 5 aliphatic rings. The maximum atomic E-state index is 14.9. The van der Waals surface area contributed by atoms with Crippen LogP contribution in [0.1, 0.15) is 66.9 Å². The third-order valence-electron chi connectivity index (χ3n) is 14.1. The number of hydrogen-bond acceptors (Lipinski definition) is 16. The van der Waals surface area contributed by atoms with E-state index in [1.165, 1.54) is 59.3 Å². The minimum absolute atomic E-state index is 0.0461. The molecule has 17 nitrogen and oxygen atoms in total. The number of fused-ring (bicyclic) bond motifs is 5. The zero-order chi connectivity index (χ0) is 47.7. The summed E-state index contributed by atoms with van der Waals surface area (Å²) < 4.78 is 30.5. The predicted octanol–water partition coefficient (Wildman–Crippen LogP) is 4.50. The first-order chi connectivity index (χ1) is 31.3. The van der Waals surface area contributed by atoms with Crippen LogP contribution in [0.15, 0.2) is 62.3 Å². The van der Waals surface area contributed by atoms with E-state index in [1.807, 2.05) is 0 Å². The van der Waals surface area contributed by atoms with Crippen LogP contribution in [-0.4, -0.2) is 99.8 Å². The molecule has 1 amide bonds. The Morgan fingerprint density at radius 1 is 0.970 bits per heavy atom. The number of hydrogen-bond donors (Lipinski definition) is 6. The van der Waals surface area contributed by atoms with Crippen LogP contribution in [0.5, 0.6) is 11.5 Å². The maximum Gasteiger partial charge on any atom is 0.307 e. The summed E-state index contributed by atoms with van der Waals surface area (Å²) in [4.78, 5) is 62.3. The lowest BCUT2D eigenvalue weighted by Gasteiger charge is -2.47.